The first-order valence-corrected chi connectivity index (χ1v) is 7.86. The van der Waals surface area contributed by atoms with E-state index in [0.717, 1.165) is 27.8 Å². The Hall–Kier alpha value is -3.28. The van der Waals surface area contributed by atoms with E-state index in [1.165, 1.54) is 0 Å². The average molecular weight is 337 g/mol. The number of ether oxygens (including phenoxy) is 1. The molecule has 1 aromatic heterocycles. The Morgan fingerprint density at radius 3 is 2.52 bits per heavy atom. The molecule has 0 fully saturated rings. The second-order valence-corrected chi connectivity index (χ2v) is 5.80. The van der Waals surface area contributed by atoms with Crippen molar-refractivity contribution in [1.29, 1.82) is 0 Å². The number of aromatic amines is 1. The summed E-state index contributed by atoms with van der Waals surface area (Å²) in [5.41, 5.74) is 8.06. The molecule has 0 bridgehead atoms. The van der Waals surface area contributed by atoms with Crippen LogP contribution in [-0.4, -0.2) is 23.9 Å². The Bertz CT molecular complexity index is 913. The van der Waals surface area contributed by atoms with E-state index < -0.39 is 5.91 Å². The van der Waals surface area contributed by atoms with Crippen molar-refractivity contribution in [2.75, 3.05) is 7.11 Å². The lowest BCUT2D eigenvalue weighted by Gasteiger charge is -2.07. The number of methoxy groups -OCH3 is 1. The Kier molecular flexibility index (Phi) is 4.70. The van der Waals surface area contributed by atoms with Crippen molar-refractivity contribution in [3.8, 4) is 5.75 Å². The molecule has 0 atom stereocenters. The molecule has 2 amide bonds. The van der Waals surface area contributed by atoms with Gasteiger partial charge in [-0.05, 0) is 42.8 Å². The first-order valence-electron chi connectivity index (χ1n) is 7.86. The first-order chi connectivity index (χ1) is 12.0. The number of amides is 2. The molecule has 6 nitrogen and oxygen atoms in total. The summed E-state index contributed by atoms with van der Waals surface area (Å²) in [5.74, 6) is 0.0360. The normalized spacial score (nSPS) is 10.5. The zero-order chi connectivity index (χ0) is 17.8. The maximum atomic E-state index is 12.2. The number of hydrogen-bond donors (Lipinski definition) is 3. The van der Waals surface area contributed by atoms with E-state index in [-0.39, 0.29) is 12.3 Å². The number of nitrogens with one attached hydrogen (secondary N) is 3. The van der Waals surface area contributed by atoms with Crippen LogP contribution in [0.5, 0.6) is 5.75 Å². The molecule has 0 unspecified atom stereocenters. The molecule has 1 heterocycles. The van der Waals surface area contributed by atoms with E-state index in [4.69, 9.17) is 4.74 Å². The van der Waals surface area contributed by atoms with Crippen molar-refractivity contribution in [2.24, 2.45) is 0 Å². The Morgan fingerprint density at radius 2 is 1.80 bits per heavy atom. The molecular weight excluding hydrogens is 318 g/mol. The molecule has 0 aliphatic carbocycles. The fourth-order valence-corrected chi connectivity index (χ4v) is 2.54. The number of H-pyrrole nitrogens is 1. The molecule has 3 N–H and O–H groups in total. The lowest BCUT2D eigenvalue weighted by molar-refractivity contribution is -0.121. The number of aryl methyl sites for hydroxylation is 1. The summed E-state index contributed by atoms with van der Waals surface area (Å²) in [7, 11) is 1.59. The fraction of sp³-hybridized carbons (Fsp3) is 0.158. The van der Waals surface area contributed by atoms with E-state index >= 15 is 0 Å². The van der Waals surface area contributed by atoms with Gasteiger partial charge in [0.25, 0.3) is 5.91 Å². The van der Waals surface area contributed by atoms with Crippen molar-refractivity contribution in [3.05, 3.63) is 65.4 Å². The van der Waals surface area contributed by atoms with Gasteiger partial charge in [0, 0.05) is 10.9 Å². The SMILES string of the molecule is COc1ccc(CC(=O)NNC(=O)c2cc3cc(C)ccc3[nH]2)cc1. The highest BCUT2D eigenvalue weighted by Crippen LogP contribution is 2.16. The second kappa shape index (κ2) is 7.09. The highest BCUT2D eigenvalue weighted by atomic mass is 16.5. The zero-order valence-corrected chi connectivity index (χ0v) is 14.1. The maximum absolute atomic E-state index is 12.2. The van der Waals surface area contributed by atoms with Crippen LogP contribution in [0, 0.1) is 6.92 Å². The van der Waals surface area contributed by atoms with Crippen LogP contribution in [0.3, 0.4) is 0 Å². The topological polar surface area (TPSA) is 83.2 Å². The van der Waals surface area contributed by atoms with Crippen LogP contribution in [0.2, 0.25) is 0 Å². The lowest BCUT2D eigenvalue weighted by Crippen LogP contribution is -2.42. The molecular formula is C19H19N3O3. The first kappa shape index (κ1) is 16.6. The number of fused-ring (bicyclic) bond motifs is 1. The summed E-state index contributed by atoms with van der Waals surface area (Å²) in [6, 6.07) is 14.8. The molecule has 3 rings (SSSR count). The van der Waals surface area contributed by atoms with Crippen molar-refractivity contribution in [3.63, 3.8) is 0 Å². The summed E-state index contributed by atoms with van der Waals surface area (Å²) in [4.78, 5) is 27.1. The molecule has 0 radical (unpaired) electrons. The van der Waals surface area contributed by atoms with Crippen LogP contribution in [0.15, 0.2) is 48.5 Å². The largest absolute Gasteiger partial charge is 0.497 e. The minimum absolute atomic E-state index is 0.163. The quantitative estimate of drug-likeness (QED) is 0.640. The van der Waals surface area contributed by atoms with E-state index in [2.05, 4.69) is 15.8 Å². The van der Waals surface area contributed by atoms with Crippen LogP contribution >= 0.6 is 0 Å². The van der Waals surface area contributed by atoms with Crippen molar-refractivity contribution < 1.29 is 14.3 Å². The minimum Gasteiger partial charge on any atom is -0.497 e. The highest BCUT2D eigenvalue weighted by molar-refractivity contribution is 5.98. The van der Waals surface area contributed by atoms with Crippen LogP contribution in [-0.2, 0) is 11.2 Å². The Morgan fingerprint density at radius 1 is 1.04 bits per heavy atom. The number of carbonyl (C=O) groups is 2. The van der Waals surface area contributed by atoms with Gasteiger partial charge < -0.3 is 9.72 Å². The van der Waals surface area contributed by atoms with Gasteiger partial charge in [0.2, 0.25) is 5.91 Å². The van der Waals surface area contributed by atoms with Crippen molar-refractivity contribution >= 4 is 22.7 Å². The van der Waals surface area contributed by atoms with Crippen molar-refractivity contribution in [1.82, 2.24) is 15.8 Å². The summed E-state index contributed by atoms with van der Waals surface area (Å²) in [6.07, 6.45) is 0.163. The van der Waals surface area contributed by atoms with Crippen LogP contribution in [0.1, 0.15) is 21.6 Å². The molecule has 0 aliphatic rings. The predicted molar refractivity (Wildman–Crippen MR) is 95.3 cm³/mol. The summed E-state index contributed by atoms with van der Waals surface area (Å²) in [6.45, 7) is 1.99. The number of hydrogen-bond acceptors (Lipinski definition) is 3. The Labute approximate surface area is 145 Å². The van der Waals surface area contributed by atoms with Gasteiger partial charge in [-0.1, -0.05) is 23.8 Å². The monoisotopic (exact) mass is 337 g/mol. The van der Waals surface area contributed by atoms with Gasteiger partial charge in [-0.3, -0.25) is 20.4 Å². The molecule has 6 heteroatoms. The molecule has 0 spiro atoms. The number of rotatable bonds is 4. The Balaban J connectivity index is 1.57. The van der Waals surface area contributed by atoms with E-state index in [9.17, 15) is 9.59 Å². The number of benzene rings is 2. The van der Waals surface area contributed by atoms with Gasteiger partial charge in [-0.15, -0.1) is 0 Å². The van der Waals surface area contributed by atoms with Gasteiger partial charge in [0.05, 0.1) is 13.5 Å². The summed E-state index contributed by atoms with van der Waals surface area (Å²) >= 11 is 0. The van der Waals surface area contributed by atoms with Gasteiger partial charge in [0.1, 0.15) is 11.4 Å². The number of hydrazine groups is 1. The van der Waals surface area contributed by atoms with Gasteiger partial charge in [0.15, 0.2) is 0 Å². The van der Waals surface area contributed by atoms with Gasteiger partial charge in [-0.25, -0.2) is 0 Å². The molecule has 25 heavy (non-hydrogen) atoms. The summed E-state index contributed by atoms with van der Waals surface area (Å²) < 4.78 is 5.07. The number of aromatic nitrogens is 1. The van der Waals surface area contributed by atoms with Crippen LogP contribution < -0.4 is 15.6 Å². The van der Waals surface area contributed by atoms with Crippen molar-refractivity contribution in [2.45, 2.75) is 13.3 Å². The molecule has 0 aliphatic heterocycles. The lowest BCUT2D eigenvalue weighted by atomic mass is 10.1. The maximum Gasteiger partial charge on any atom is 0.286 e. The molecule has 2 aromatic carbocycles. The third-order valence-corrected chi connectivity index (χ3v) is 3.86. The third kappa shape index (κ3) is 3.98. The average Bonchev–Trinajstić information content (AvgIpc) is 3.03. The highest BCUT2D eigenvalue weighted by Gasteiger charge is 2.11. The summed E-state index contributed by atoms with van der Waals surface area (Å²) in [5, 5.41) is 0.953. The van der Waals surface area contributed by atoms with E-state index in [1.54, 1.807) is 37.4 Å². The predicted octanol–water partition coefficient (Wildman–Crippen LogP) is 2.49. The minimum atomic E-state index is -0.392. The number of carbonyl (C=O) groups excluding carboxylic acids is 2. The van der Waals surface area contributed by atoms with E-state index in [1.807, 2.05) is 25.1 Å². The van der Waals surface area contributed by atoms with Gasteiger partial charge in [-0.2, -0.15) is 0 Å². The van der Waals surface area contributed by atoms with Crippen LogP contribution in [0.25, 0.3) is 10.9 Å². The fourth-order valence-electron chi connectivity index (χ4n) is 2.54. The third-order valence-electron chi connectivity index (χ3n) is 3.86. The van der Waals surface area contributed by atoms with Gasteiger partial charge >= 0.3 is 0 Å². The molecule has 3 aromatic rings. The second-order valence-electron chi connectivity index (χ2n) is 5.80. The smallest absolute Gasteiger partial charge is 0.286 e. The van der Waals surface area contributed by atoms with E-state index in [0.29, 0.717) is 5.69 Å². The zero-order valence-electron chi connectivity index (χ0n) is 14.1. The standard InChI is InChI=1S/C19H19N3O3/c1-12-3-8-16-14(9-12)11-17(20-16)19(24)22-21-18(23)10-13-4-6-15(25-2)7-5-13/h3-9,11,20H,10H2,1-2H3,(H,21,23)(H,22,24). The van der Waals surface area contributed by atoms with Crippen LogP contribution in [0.4, 0.5) is 0 Å². The molecule has 0 saturated heterocycles. The molecule has 0 saturated carbocycles. The molecule has 128 valence electrons.